The standard InChI is InChI=1S/C16H19N3OS.ClH/c17-9-8-15-18-14(10-21-15)16(20)19-13-7-3-5-11-4-1-2-6-12(11)13;/h3,5,7,10H,1-2,4,6,8-9,17H2,(H,19,20);1H. The Bertz CT molecular complexity index is 657. The summed E-state index contributed by atoms with van der Waals surface area (Å²) in [4.78, 5) is 16.7. The minimum atomic E-state index is -0.131. The Balaban J connectivity index is 0.00000176. The molecule has 22 heavy (non-hydrogen) atoms. The molecule has 1 aliphatic carbocycles. The number of thiazole rings is 1. The largest absolute Gasteiger partial charge is 0.330 e. The van der Waals surface area contributed by atoms with E-state index in [4.69, 9.17) is 5.73 Å². The van der Waals surface area contributed by atoms with Crippen LogP contribution in [-0.4, -0.2) is 17.4 Å². The summed E-state index contributed by atoms with van der Waals surface area (Å²) in [5.74, 6) is -0.131. The van der Waals surface area contributed by atoms with Crippen molar-refractivity contribution in [1.29, 1.82) is 0 Å². The fourth-order valence-electron chi connectivity index (χ4n) is 2.74. The average molecular weight is 338 g/mol. The Labute approximate surface area is 140 Å². The SMILES string of the molecule is Cl.NCCc1nc(C(=O)Nc2cccc3c2CCCC3)cs1. The van der Waals surface area contributed by atoms with Crippen molar-refractivity contribution in [2.45, 2.75) is 32.1 Å². The van der Waals surface area contributed by atoms with E-state index in [0.717, 1.165) is 30.0 Å². The number of carbonyl (C=O) groups excluding carboxylic acids is 1. The Morgan fingerprint density at radius 1 is 1.32 bits per heavy atom. The normalized spacial score (nSPS) is 13.1. The molecule has 0 saturated carbocycles. The average Bonchev–Trinajstić information content (AvgIpc) is 2.97. The van der Waals surface area contributed by atoms with Gasteiger partial charge in [-0.25, -0.2) is 4.98 Å². The number of benzene rings is 1. The monoisotopic (exact) mass is 337 g/mol. The van der Waals surface area contributed by atoms with Gasteiger partial charge >= 0.3 is 0 Å². The van der Waals surface area contributed by atoms with Gasteiger partial charge < -0.3 is 11.1 Å². The lowest BCUT2D eigenvalue weighted by molar-refractivity contribution is 0.102. The lowest BCUT2D eigenvalue weighted by Gasteiger charge is -2.19. The van der Waals surface area contributed by atoms with Crippen molar-refractivity contribution in [1.82, 2.24) is 4.98 Å². The van der Waals surface area contributed by atoms with Crippen LogP contribution in [-0.2, 0) is 19.3 Å². The highest BCUT2D eigenvalue weighted by atomic mass is 35.5. The molecule has 0 fully saturated rings. The second-order valence-electron chi connectivity index (χ2n) is 5.27. The molecule has 0 bridgehead atoms. The van der Waals surface area contributed by atoms with Gasteiger partial charge in [-0.15, -0.1) is 23.7 Å². The zero-order chi connectivity index (χ0) is 14.7. The number of nitrogens with one attached hydrogen (secondary N) is 1. The number of hydrogen-bond acceptors (Lipinski definition) is 4. The van der Waals surface area contributed by atoms with Crippen molar-refractivity contribution in [3.8, 4) is 0 Å². The van der Waals surface area contributed by atoms with Gasteiger partial charge in [0, 0.05) is 17.5 Å². The molecule has 0 aliphatic heterocycles. The van der Waals surface area contributed by atoms with Crippen LogP contribution in [0.25, 0.3) is 0 Å². The molecule has 3 N–H and O–H groups in total. The summed E-state index contributed by atoms with van der Waals surface area (Å²) in [7, 11) is 0. The summed E-state index contributed by atoms with van der Waals surface area (Å²) in [5, 5.41) is 5.73. The molecular formula is C16H20ClN3OS. The Hall–Kier alpha value is -1.43. The second kappa shape index (κ2) is 7.72. The van der Waals surface area contributed by atoms with Crippen LogP contribution in [0.3, 0.4) is 0 Å². The number of nitrogens with zero attached hydrogens (tertiary/aromatic N) is 1. The number of hydrogen-bond donors (Lipinski definition) is 2. The molecule has 3 rings (SSSR count). The van der Waals surface area contributed by atoms with Crippen LogP contribution in [0, 0.1) is 0 Å². The summed E-state index contributed by atoms with van der Waals surface area (Å²) in [6.07, 6.45) is 5.30. The molecule has 1 aromatic heterocycles. The highest BCUT2D eigenvalue weighted by Crippen LogP contribution is 2.28. The van der Waals surface area contributed by atoms with E-state index >= 15 is 0 Å². The zero-order valence-corrected chi connectivity index (χ0v) is 13.9. The molecule has 1 aliphatic rings. The first-order valence-corrected chi connectivity index (χ1v) is 8.22. The number of aromatic nitrogens is 1. The van der Waals surface area contributed by atoms with Crippen molar-refractivity contribution < 1.29 is 4.79 Å². The molecule has 118 valence electrons. The van der Waals surface area contributed by atoms with Gasteiger partial charge in [0.05, 0.1) is 5.01 Å². The molecule has 1 amide bonds. The maximum atomic E-state index is 12.3. The van der Waals surface area contributed by atoms with E-state index in [0.29, 0.717) is 12.2 Å². The second-order valence-corrected chi connectivity index (χ2v) is 6.21. The molecule has 2 aromatic rings. The van der Waals surface area contributed by atoms with Crippen molar-refractivity contribution in [2.75, 3.05) is 11.9 Å². The third-order valence-electron chi connectivity index (χ3n) is 3.79. The van der Waals surface area contributed by atoms with E-state index in [2.05, 4.69) is 16.4 Å². The Kier molecular flexibility index (Phi) is 5.94. The lowest BCUT2D eigenvalue weighted by atomic mass is 9.90. The highest BCUT2D eigenvalue weighted by Gasteiger charge is 2.16. The number of fused-ring (bicyclic) bond motifs is 1. The third-order valence-corrected chi connectivity index (χ3v) is 4.70. The molecule has 0 atom stereocenters. The van der Waals surface area contributed by atoms with Gasteiger partial charge in [-0.3, -0.25) is 4.79 Å². The number of anilines is 1. The smallest absolute Gasteiger partial charge is 0.275 e. The minimum absolute atomic E-state index is 0. The number of halogens is 1. The lowest BCUT2D eigenvalue weighted by Crippen LogP contribution is -2.16. The number of amides is 1. The molecule has 0 radical (unpaired) electrons. The predicted molar refractivity (Wildman–Crippen MR) is 93.2 cm³/mol. The van der Waals surface area contributed by atoms with Crippen LogP contribution in [0.1, 0.15) is 39.5 Å². The first kappa shape index (κ1) is 16.9. The highest BCUT2D eigenvalue weighted by molar-refractivity contribution is 7.09. The molecule has 0 unspecified atom stereocenters. The van der Waals surface area contributed by atoms with Crippen LogP contribution < -0.4 is 11.1 Å². The topological polar surface area (TPSA) is 68.0 Å². The van der Waals surface area contributed by atoms with Gasteiger partial charge in [0.2, 0.25) is 0 Å². The van der Waals surface area contributed by atoms with Gasteiger partial charge in [0.1, 0.15) is 5.69 Å². The van der Waals surface area contributed by atoms with Gasteiger partial charge in [0.25, 0.3) is 5.91 Å². The Morgan fingerprint density at radius 2 is 2.14 bits per heavy atom. The van der Waals surface area contributed by atoms with Crippen molar-refractivity contribution in [3.05, 3.63) is 45.4 Å². The molecular weight excluding hydrogens is 318 g/mol. The summed E-state index contributed by atoms with van der Waals surface area (Å²) in [6.45, 7) is 0.556. The van der Waals surface area contributed by atoms with Crippen molar-refractivity contribution in [3.63, 3.8) is 0 Å². The van der Waals surface area contributed by atoms with Gasteiger partial charge in [-0.05, 0) is 49.4 Å². The molecule has 1 aromatic carbocycles. The van der Waals surface area contributed by atoms with Gasteiger partial charge in [-0.1, -0.05) is 12.1 Å². The van der Waals surface area contributed by atoms with Gasteiger partial charge in [-0.2, -0.15) is 0 Å². The quantitative estimate of drug-likeness (QED) is 0.900. The summed E-state index contributed by atoms with van der Waals surface area (Å²) >= 11 is 1.49. The van der Waals surface area contributed by atoms with Crippen LogP contribution in [0.2, 0.25) is 0 Å². The molecule has 0 spiro atoms. The minimum Gasteiger partial charge on any atom is -0.330 e. The van der Waals surface area contributed by atoms with Crippen LogP contribution in [0.4, 0.5) is 5.69 Å². The number of carbonyl (C=O) groups is 1. The summed E-state index contributed by atoms with van der Waals surface area (Å²) < 4.78 is 0. The van der Waals surface area contributed by atoms with E-state index in [-0.39, 0.29) is 18.3 Å². The fourth-order valence-corrected chi connectivity index (χ4v) is 3.53. The summed E-state index contributed by atoms with van der Waals surface area (Å²) in [6, 6.07) is 6.15. The fraction of sp³-hybridized carbons (Fsp3) is 0.375. The maximum absolute atomic E-state index is 12.3. The molecule has 4 nitrogen and oxygen atoms in total. The van der Waals surface area contributed by atoms with Crippen LogP contribution in [0.15, 0.2) is 23.6 Å². The first-order chi connectivity index (χ1) is 10.3. The zero-order valence-electron chi connectivity index (χ0n) is 12.3. The number of aryl methyl sites for hydroxylation is 1. The van der Waals surface area contributed by atoms with Crippen molar-refractivity contribution >= 4 is 35.3 Å². The summed E-state index contributed by atoms with van der Waals surface area (Å²) in [5.41, 5.74) is 9.58. The predicted octanol–water partition coefficient (Wildman–Crippen LogP) is 3.20. The first-order valence-electron chi connectivity index (χ1n) is 7.34. The maximum Gasteiger partial charge on any atom is 0.275 e. The molecule has 1 heterocycles. The van der Waals surface area contributed by atoms with E-state index in [9.17, 15) is 4.79 Å². The van der Waals surface area contributed by atoms with E-state index in [1.165, 1.54) is 35.3 Å². The van der Waals surface area contributed by atoms with E-state index < -0.39 is 0 Å². The number of rotatable bonds is 4. The Morgan fingerprint density at radius 3 is 2.95 bits per heavy atom. The van der Waals surface area contributed by atoms with Crippen molar-refractivity contribution in [2.24, 2.45) is 5.73 Å². The molecule has 0 saturated heterocycles. The van der Waals surface area contributed by atoms with Crippen LogP contribution in [0.5, 0.6) is 0 Å². The van der Waals surface area contributed by atoms with E-state index in [1.807, 2.05) is 12.1 Å². The third kappa shape index (κ3) is 3.66. The van der Waals surface area contributed by atoms with E-state index in [1.54, 1.807) is 5.38 Å². The van der Waals surface area contributed by atoms with Crippen LogP contribution >= 0.6 is 23.7 Å². The van der Waals surface area contributed by atoms with Gasteiger partial charge in [0.15, 0.2) is 0 Å². The molecule has 6 heteroatoms. The number of nitrogens with two attached hydrogens (primary N) is 1.